The number of carbonyl (C=O) groups is 2. The Balaban J connectivity index is 1.81. The average Bonchev–Trinajstić information content (AvgIpc) is 2.63. The second-order valence-electron chi connectivity index (χ2n) is 6.30. The van der Waals surface area contributed by atoms with Crippen molar-refractivity contribution in [2.24, 2.45) is 0 Å². The van der Waals surface area contributed by atoms with Crippen molar-refractivity contribution in [2.45, 2.75) is 33.4 Å². The van der Waals surface area contributed by atoms with Gasteiger partial charge in [0.25, 0.3) is 0 Å². The molecule has 0 aliphatic heterocycles. The van der Waals surface area contributed by atoms with Crippen molar-refractivity contribution in [2.75, 3.05) is 13.7 Å². The van der Waals surface area contributed by atoms with Gasteiger partial charge >= 0.3 is 0 Å². The highest BCUT2D eigenvalue weighted by atomic mass is 16.5. The van der Waals surface area contributed by atoms with Crippen molar-refractivity contribution in [1.82, 2.24) is 10.2 Å². The molecule has 2 amide bonds. The van der Waals surface area contributed by atoms with Crippen LogP contribution in [0.5, 0.6) is 5.75 Å². The number of nitrogens with zero attached hydrogens (tertiary/aromatic N) is 1. The molecule has 2 aromatic rings. The molecule has 0 radical (unpaired) electrons. The van der Waals surface area contributed by atoms with Gasteiger partial charge < -0.3 is 15.0 Å². The van der Waals surface area contributed by atoms with Gasteiger partial charge in [0, 0.05) is 33.0 Å². The summed E-state index contributed by atoms with van der Waals surface area (Å²) >= 11 is 0. The zero-order chi connectivity index (χ0) is 18.9. The van der Waals surface area contributed by atoms with Crippen LogP contribution in [0.3, 0.4) is 0 Å². The first-order valence-electron chi connectivity index (χ1n) is 8.68. The summed E-state index contributed by atoms with van der Waals surface area (Å²) < 4.78 is 5.11. The third-order valence-corrected chi connectivity index (χ3v) is 4.16. The predicted molar refractivity (Wildman–Crippen MR) is 102 cm³/mol. The van der Waals surface area contributed by atoms with Gasteiger partial charge in [0.15, 0.2) is 0 Å². The van der Waals surface area contributed by atoms with E-state index in [9.17, 15) is 9.59 Å². The number of aryl methyl sites for hydroxylation is 1. The topological polar surface area (TPSA) is 58.6 Å². The van der Waals surface area contributed by atoms with E-state index in [0.29, 0.717) is 19.6 Å². The van der Waals surface area contributed by atoms with Crippen LogP contribution in [0.2, 0.25) is 0 Å². The molecule has 0 aromatic heterocycles. The average molecular weight is 354 g/mol. The first-order valence-corrected chi connectivity index (χ1v) is 8.68. The van der Waals surface area contributed by atoms with E-state index in [4.69, 9.17) is 4.74 Å². The number of nitrogens with one attached hydrogen (secondary N) is 1. The first kappa shape index (κ1) is 19.5. The molecule has 1 N–H and O–H groups in total. The minimum atomic E-state index is -0.0729. The van der Waals surface area contributed by atoms with E-state index in [0.717, 1.165) is 22.4 Å². The Bertz CT molecular complexity index is 741. The number of rotatable bonds is 8. The molecule has 0 saturated heterocycles. The lowest BCUT2D eigenvalue weighted by molar-refractivity contribution is -0.130. The number of hydrogen-bond acceptors (Lipinski definition) is 3. The van der Waals surface area contributed by atoms with E-state index >= 15 is 0 Å². The summed E-state index contributed by atoms with van der Waals surface area (Å²) in [7, 11) is 1.62. The molecule has 138 valence electrons. The molecule has 0 unspecified atom stereocenters. The first-order chi connectivity index (χ1) is 12.5. The van der Waals surface area contributed by atoms with Crippen LogP contribution in [0.15, 0.2) is 48.5 Å². The third kappa shape index (κ3) is 6.24. The Labute approximate surface area is 155 Å². The van der Waals surface area contributed by atoms with Crippen LogP contribution in [-0.4, -0.2) is 30.4 Å². The summed E-state index contributed by atoms with van der Waals surface area (Å²) in [4.78, 5) is 25.7. The number of carbonyl (C=O) groups excluding carboxylic acids is 2. The Hall–Kier alpha value is -2.82. The second-order valence-corrected chi connectivity index (χ2v) is 6.30. The van der Waals surface area contributed by atoms with Gasteiger partial charge in [0.2, 0.25) is 11.8 Å². The Morgan fingerprint density at radius 3 is 2.42 bits per heavy atom. The van der Waals surface area contributed by atoms with Crippen molar-refractivity contribution in [3.8, 4) is 5.75 Å². The summed E-state index contributed by atoms with van der Waals surface area (Å²) in [6.45, 7) is 4.93. The van der Waals surface area contributed by atoms with E-state index in [1.165, 1.54) is 6.92 Å². The van der Waals surface area contributed by atoms with Crippen LogP contribution in [0.1, 0.15) is 30.0 Å². The van der Waals surface area contributed by atoms with Gasteiger partial charge in [-0.2, -0.15) is 0 Å². The SMILES string of the molecule is COc1ccc(CNC(=O)CCN(Cc2cccc(C)c2)C(C)=O)cc1. The van der Waals surface area contributed by atoms with E-state index in [1.54, 1.807) is 12.0 Å². The smallest absolute Gasteiger partial charge is 0.222 e. The van der Waals surface area contributed by atoms with E-state index < -0.39 is 0 Å². The second kappa shape index (κ2) is 9.61. The van der Waals surface area contributed by atoms with Crippen molar-refractivity contribution >= 4 is 11.8 Å². The van der Waals surface area contributed by atoms with Crippen molar-refractivity contribution in [3.63, 3.8) is 0 Å². The molecule has 0 spiro atoms. The molecule has 0 aliphatic carbocycles. The largest absolute Gasteiger partial charge is 0.497 e. The number of benzene rings is 2. The summed E-state index contributed by atoms with van der Waals surface area (Å²) in [5.74, 6) is 0.680. The summed E-state index contributed by atoms with van der Waals surface area (Å²) in [6.07, 6.45) is 0.279. The Morgan fingerprint density at radius 2 is 1.81 bits per heavy atom. The van der Waals surface area contributed by atoms with Crippen LogP contribution < -0.4 is 10.1 Å². The van der Waals surface area contributed by atoms with Crippen LogP contribution in [-0.2, 0) is 22.7 Å². The standard InChI is InChI=1S/C21H26N2O3/c1-16-5-4-6-19(13-16)15-23(17(2)24)12-11-21(25)22-14-18-7-9-20(26-3)10-8-18/h4-10,13H,11-12,14-15H2,1-3H3,(H,22,25). The normalized spacial score (nSPS) is 10.3. The molecule has 0 fully saturated rings. The molecule has 0 aliphatic rings. The van der Waals surface area contributed by atoms with Crippen LogP contribution in [0.4, 0.5) is 0 Å². The highest BCUT2D eigenvalue weighted by Crippen LogP contribution is 2.11. The minimum absolute atomic E-state index is 0.0329. The highest BCUT2D eigenvalue weighted by molar-refractivity contribution is 5.78. The maximum Gasteiger partial charge on any atom is 0.222 e. The van der Waals surface area contributed by atoms with Crippen LogP contribution in [0, 0.1) is 6.92 Å². The van der Waals surface area contributed by atoms with Gasteiger partial charge in [0.1, 0.15) is 5.75 Å². The molecular formula is C21H26N2O3. The lowest BCUT2D eigenvalue weighted by atomic mass is 10.1. The fourth-order valence-electron chi connectivity index (χ4n) is 2.65. The zero-order valence-electron chi connectivity index (χ0n) is 15.6. The fraction of sp³-hybridized carbons (Fsp3) is 0.333. The molecule has 2 rings (SSSR count). The van der Waals surface area contributed by atoms with Gasteiger partial charge in [-0.15, -0.1) is 0 Å². The quantitative estimate of drug-likeness (QED) is 0.793. The third-order valence-electron chi connectivity index (χ3n) is 4.16. The van der Waals surface area contributed by atoms with Gasteiger partial charge in [-0.1, -0.05) is 42.0 Å². The number of ether oxygens (including phenoxy) is 1. The Kier molecular flexibility index (Phi) is 7.21. The fourth-order valence-corrected chi connectivity index (χ4v) is 2.65. The monoisotopic (exact) mass is 354 g/mol. The van der Waals surface area contributed by atoms with E-state index in [2.05, 4.69) is 11.4 Å². The van der Waals surface area contributed by atoms with Crippen molar-refractivity contribution in [3.05, 3.63) is 65.2 Å². The lowest BCUT2D eigenvalue weighted by Crippen LogP contribution is -2.33. The van der Waals surface area contributed by atoms with Crippen LogP contribution in [0.25, 0.3) is 0 Å². The molecule has 2 aromatic carbocycles. The predicted octanol–water partition coefficient (Wildman–Crippen LogP) is 3.06. The number of hydrogen-bond donors (Lipinski definition) is 1. The molecule has 0 bridgehead atoms. The molecular weight excluding hydrogens is 328 g/mol. The maximum absolute atomic E-state index is 12.1. The van der Waals surface area contributed by atoms with Crippen molar-refractivity contribution in [1.29, 1.82) is 0 Å². The summed E-state index contributed by atoms with van der Waals surface area (Å²) in [5.41, 5.74) is 3.23. The van der Waals surface area contributed by atoms with Gasteiger partial charge in [-0.25, -0.2) is 0 Å². The Morgan fingerprint density at radius 1 is 1.08 bits per heavy atom. The minimum Gasteiger partial charge on any atom is -0.497 e. The summed E-state index contributed by atoms with van der Waals surface area (Å²) in [5, 5.41) is 2.89. The van der Waals surface area contributed by atoms with Crippen LogP contribution >= 0.6 is 0 Å². The number of amides is 2. The highest BCUT2D eigenvalue weighted by Gasteiger charge is 2.12. The maximum atomic E-state index is 12.1. The molecule has 5 nitrogen and oxygen atoms in total. The van der Waals surface area contributed by atoms with Crippen molar-refractivity contribution < 1.29 is 14.3 Å². The van der Waals surface area contributed by atoms with E-state index in [1.807, 2.05) is 49.4 Å². The van der Waals surface area contributed by atoms with Gasteiger partial charge in [0.05, 0.1) is 7.11 Å². The summed E-state index contributed by atoms with van der Waals surface area (Å²) in [6, 6.07) is 15.6. The zero-order valence-corrected chi connectivity index (χ0v) is 15.6. The molecule has 0 atom stereocenters. The van der Waals surface area contributed by atoms with E-state index in [-0.39, 0.29) is 18.2 Å². The molecule has 0 saturated carbocycles. The molecule has 26 heavy (non-hydrogen) atoms. The van der Waals surface area contributed by atoms with Gasteiger partial charge in [-0.3, -0.25) is 9.59 Å². The lowest BCUT2D eigenvalue weighted by Gasteiger charge is -2.21. The molecule has 5 heteroatoms. The number of methoxy groups -OCH3 is 1. The van der Waals surface area contributed by atoms with Gasteiger partial charge in [-0.05, 0) is 30.2 Å². The molecule has 0 heterocycles.